The maximum atomic E-state index is 12.1. The number of likely N-dealkylation sites (tertiary alicyclic amines) is 1. The zero-order chi connectivity index (χ0) is 17.2. The van der Waals surface area contributed by atoms with E-state index in [2.05, 4.69) is 28.6 Å². The van der Waals surface area contributed by atoms with E-state index >= 15 is 0 Å². The largest absolute Gasteiger partial charge is 0.355 e. The third-order valence-electron chi connectivity index (χ3n) is 4.37. The second kappa shape index (κ2) is 10.5. The second-order valence-electron chi connectivity index (χ2n) is 6.28. The van der Waals surface area contributed by atoms with Crippen LogP contribution in [-0.4, -0.2) is 54.3 Å². The smallest absolute Gasteiger partial charge is 0.234 e. The highest BCUT2D eigenvalue weighted by Gasteiger charge is 2.16. The van der Waals surface area contributed by atoms with Crippen LogP contribution in [0, 0.1) is 0 Å². The molecule has 5 nitrogen and oxygen atoms in total. The first kappa shape index (κ1) is 18.9. The summed E-state index contributed by atoms with van der Waals surface area (Å²) in [5.41, 5.74) is 0. The molecule has 6 heteroatoms. The van der Waals surface area contributed by atoms with E-state index in [9.17, 15) is 9.59 Å². The molecule has 0 spiro atoms. The maximum absolute atomic E-state index is 12.1. The molecule has 1 aliphatic heterocycles. The first-order valence-electron chi connectivity index (χ1n) is 8.98. The van der Waals surface area contributed by atoms with Crippen LogP contribution in [0.25, 0.3) is 0 Å². The van der Waals surface area contributed by atoms with Crippen LogP contribution < -0.4 is 5.32 Å². The fourth-order valence-corrected chi connectivity index (χ4v) is 3.68. The third kappa shape index (κ3) is 6.61. The molecule has 0 aromatic carbocycles. The quantitative estimate of drug-likeness (QED) is 0.696. The summed E-state index contributed by atoms with van der Waals surface area (Å²) in [6.45, 7) is 6.45. The van der Waals surface area contributed by atoms with Gasteiger partial charge in [0, 0.05) is 37.5 Å². The SMILES string of the molecule is CCN(CC(=O)NCCCN1CCCCCC1=O)Cc1cccs1. The number of hydrogen-bond donors (Lipinski definition) is 1. The number of thiophene rings is 1. The summed E-state index contributed by atoms with van der Waals surface area (Å²) in [5.74, 6) is 0.336. The van der Waals surface area contributed by atoms with Gasteiger partial charge in [-0.3, -0.25) is 14.5 Å². The second-order valence-corrected chi connectivity index (χ2v) is 7.31. The Balaban J connectivity index is 1.62. The molecule has 1 N–H and O–H groups in total. The average molecular weight is 352 g/mol. The summed E-state index contributed by atoms with van der Waals surface area (Å²) in [6.07, 6.45) is 4.78. The molecule has 2 heterocycles. The fraction of sp³-hybridized carbons (Fsp3) is 0.667. The molecule has 1 aromatic rings. The molecule has 134 valence electrons. The minimum atomic E-state index is 0.0654. The normalized spacial score (nSPS) is 15.6. The number of likely N-dealkylation sites (N-methyl/N-ethyl adjacent to an activating group) is 1. The topological polar surface area (TPSA) is 52.7 Å². The van der Waals surface area contributed by atoms with Crippen LogP contribution in [0.4, 0.5) is 0 Å². The van der Waals surface area contributed by atoms with E-state index in [0.29, 0.717) is 19.5 Å². The van der Waals surface area contributed by atoms with Gasteiger partial charge in [-0.2, -0.15) is 0 Å². The molecule has 24 heavy (non-hydrogen) atoms. The van der Waals surface area contributed by atoms with Crippen molar-refractivity contribution in [2.45, 2.75) is 45.6 Å². The lowest BCUT2D eigenvalue weighted by Crippen LogP contribution is -2.38. The Morgan fingerprint density at radius 2 is 2.25 bits per heavy atom. The summed E-state index contributed by atoms with van der Waals surface area (Å²) in [6, 6.07) is 4.14. The Hall–Kier alpha value is -1.40. The van der Waals surface area contributed by atoms with E-state index in [-0.39, 0.29) is 11.8 Å². The van der Waals surface area contributed by atoms with Crippen LogP contribution in [0.1, 0.15) is 43.9 Å². The van der Waals surface area contributed by atoms with Crippen molar-refractivity contribution in [3.05, 3.63) is 22.4 Å². The fourth-order valence-electron chi connectivity index (χ4n) is 2.93. The summed E-state index contributed by atoms with van der Waals surface area (Å²) in [7, 11) is 0. The lowest BCUT2D eigenvalue weighted by atomic mass is 10.2. The monoisotopic (exact) mass is 351 g/mol. The van der Waals surface area contributed by atoms with E-state index < -0.39 is 0 Å². The van der Waals surface area contributed by atoms with Crippen LogP contribution in [0.2, 0.25) is 0 Å². The molecule has 1 aliphatic rings. The van der Waals surface area contributed by atoms with E-state index in [1.807, 2.05) is 11.0 Å². The van der Waals surface area contributed by atoms with Crippen LogP contribution in [0.3, 0.4) is 0 Å². The highest BCUT2D eigenvalue weighted by atomic mass is 32.1. The van der Waals surface area contributed by atoms with E-state index in [1.54, 1.807) is 11.3 Å². The molecule has 0 unspecified atom stereocenters. The molecule has 1 aromatic heterocycles. The molecule has 2 amide bonds. The molecule has 0 saturated carbocycles. The van der Waals surface area contributed by atoms with Gasteiger partial charge >= 0.3 is 0 Å². The number of amides is 2. The van der Waals surface area contributed by atoms with Gasteiger partial charge in [-0.1, -0.05) is 19.4 Å². The average Bonchev–Trinajstić information content (AvgIpc) is 3.00. The first-order valence-corrected chi connectivity index (χ1v) is 9.86. The van der Waals surface area contributed by atoms with E-state index in [0.717, 1.165) is 51.9 Å². The van der Waals surface area contributed by atoms with Gasteiger partial charge in [-0.15, -0.1) is 11.3 Å². The lowest BCUT2D eigenvalue weighted by Gasteiger charge is -2.21. The third-order valence-corrected chi connectivity index (χ3v) is 5.23. The summed E-state index contributed by atoms with van der Waals surface area (Å²) < 4.78 is 0. The van der Waals surface area contributed by atoms with Crippen LogP contribution in [0.5, 0.6) is 0 Å². The first-order chi connectivity index (χ1) is 11.7. The maximum Gasteiger partial charge on any atom is 0.234 e. The van der Waals surface area contributed by atoms with Gasteiger partial charge in [-0.05, 0) is 37.3 Å². The predicted octanol–water partition coefficient (Wildman–Crippen LogP) is 2.48. The Morgan fingerprint density at radius 1 is 1.38 bits per heavy atom. The predicted molar refractivity (Wildman–Crippen MR) is 97.9 cm³/mol. The van der Waals surface area contributed by atoms with Crippen molar-refractivity contribution < 1.29 is 9.59 Å². The van der Waals surface area contributed by atoms with Gasteiger partial charge < -0.3 is 10.2 Å². The molecule has 2 rings (SSSR count). The van der Waals surface area contributed by atoms with Gasteiger partial charge in [-0.25, -0.2) is 0 Å². The van der Waals surface area contributed by atoms with Gasteiger partial charge in [0.2, 0.25) is 11.8 Å². The number of carbonyl (C=O) groups is 2. The van der Waals surface area contributed by atoms with E-state index in [1.165, 1.54) is 4.88 Å². The molecular weight excluding hydrogens is 322 g/mol. The molecule has 1 fully saturated rings. The summed E-state index contributed by atoms with van der Waals surface area (Å²) >= 11 is 1.72. The lowest BCUT2D eigenvalue weighted by molar-refractivity contribution is -0.130. The van der Waals surface area contributed by atoms with Crippen LogP contribution >= 0.6 is 11.3 Å². The standard InChI is InChI=1S/C18H29N3O2S/c1-2-20(14-16-8-6-13-24-16)15-17(22)19-10-7-12-21-11-5-3-4-9-18(21)23/h6,8,13H,2-5,7,9-12,14-15H2,1H3,(H,19,22). The number of hydrogen-bond acceptors (Lipinski definition) is 4. The number of nitrogens with zero attached hydrogens (tertiary/aromatic N) is 2. The zero-order valence-corrected chi connectivity index (χ0v) is 15.4. The van der Waals surface area contributed by atoms with Crippen molar-refractivity contribution in [1.82, 2.24) is 15.1 Å². The number of rotatable bonds is 9. The Bertz CT molecular complexity index is 504. The van der Waals surface area contributed by atoms with Gasteiger partial charge in [0.1, 0.15) is 0 Å². The Morgan fingerprint density at radius 3 is 3.00 bits per heavy atom. The molecule has 0 atom stereocenters. The highest BCUT2D eigenvalue weighted by Crippen LogP contribution is 2.12. The van der Waals surface area contributed by atoms with Crippen LogP contribution in [-0.2, 0) is 16.1 Å². The van der Waals surface area contributed by atoms with Crippen molar-refractivity contribution in [2.75, 3.05) is 32.7 Å². The molecule has 0 aliphatic carbocycles. The van der Waals surface area contributed by atoms with Gasteiger partial charge in [0.25, 0.3) is 0 Å². The number of nitrogens with one attached hydrogen (secondary N) is 1. The minimum absolute atomic E-state index is 0.0654. The van der Waals surface area contributed by atoms with Crippen LogP contribution in [0.15, 0.2) is 17.5 Å². The molecule has 1 saturated heterocycles. The van der Waals surface area contributed by atoms with Crippen molar-refractivity contribution >= 4 is 23.2 Å². The molecule has 0 radical (unpaired) electrons. The van der Waals surface area contributed by atoms with Gasteiger partial charge in [0.15, 0.2) is 0 Å². The Labute approximate surface area is 149 Å². The summed E-state index contributed by atoms with van der Waals surface area (Å²) in [4.78, 5) is 29.4. The van der Waals surface area contributed by atoms with Crippen molar-refractivity contribution in [3.63, 3.8) is 0 Å². The zero-order valence-electron chi connectivity index (χ0n) is 14.6. The van der Waals surface area contributed by atoms with Crippen molar-refractivity contribution in [1.29, 1.82) is 0 Å². The Kier molecular flexibility index (Phi) is 8.25. The van der Waals surface area contributed by atoms with Crippen molar-refractivity contribution in [3.8, 4) is 0 Å². The van der Waals surface area contributed by atoms with Gasteiger partial charge in [0.05, 0.1) is 6.54 Å². The molecular formula is C18H29N3O2S. The van der Waals surface area contributed by atoms with E-state index in [4.69, 9.17) is 0 Å². The van der Waals surface area contributed by atoms with Crippen molar-refractivity contribution in [2.24, 2.45) is 0 Å². The summed E-state index contributed by atoms with van der Waals surface area (Å²) in [5, 5.41) is 5.04. The minimum Gasteiger partial charge on any atom is -0.355 e. The highest BCUT2D eigenvalue weighted by molar-refractivity contribution is 7.09. The molecule has 0 bridgehead atoms. The number of carbonyl (C=O) groups excluding carboxylic acids is 2.